The summed E-state index contributed by atoms with van der Waals surface area (Å²) in [6.07, 6.45) is -0.126. The van der Waals surface area contributed by atoms with Crippen molar-refractivity contribution in [2.45, 2.75) is 59.2 Å². The van der Waals surface area contributed by atoms with E-state index in [2.05, 4.69) is 26.6 Å². The average Bonchev–Trinajstić information content (AvgIpc) is 3.04. The van der Waals surface area contributed by atoms with Gasteiger partial charge in [-0.3, -0.25) is 24.0 Å². The molecule has 2 unspecified atom stereocenters. The molecule has 0 heterocycles. The van der Waals surface area contributed by atoms with E-state index in [1.54, 1.807) is 71.0 Å². The fraction of sp³-hybridized carbons (Fsp3) is 0.581. The Kier molecular flexibility index (Phi) is 18.0. The third-order valence-corrected chi connectivity index (χ3v) is 7.04. The Morgan fingerprint density at radius 2 is 1.46 bits per heavy atom. The number of anilines is 1. The number of nitrogens with zero attached hydrogens (tertiary/aromatic N) is 2. The molecule has 8 amide bonds. The zero-order valence-electron chi connectivity index (χ0n) is 28.6. The predicted molar refractivity (Wildman–Crippen MR) is 178 cm³/mol. The van der Waals surface area contributed by atoms with Gasteiger partial charge in [0.05, 0.1) is 13.1 Å². The van der Waals surface area contributed by atoms with Crippen LogP contribution in [-0.4, -0.2) is 110 Å². The summed E-state index contributed by atoms with van der Waals surface area (Å²) in [5.74, 6) is -2.84. The van der Waals surface area contributed by atoms with Gasteiger partial charge in [-0.05, 0) is 36.5 Å². The van der Waals surface area contributed by atoms with Gasteiger partial charge in [-0.15, -0.1) is 0 Å². The number of rotatable bonds is 19. The van der Waals surface area contributed by atoms with Crippen LogP contribution in [-0.2, 0) is 35.3 Å². The monoisotopic (exact) mass is 677 g/mol. The zero-order valence-corrected chi connectivity index (χ0v) is 28.6. The number of likely N-dealkylation sites (N-methyl/N-ethyl adjacent to an activating group) is 2. The summed E-state index contributed by atoms with van der Waals surface area (Å²) >= 11 is 0. The molecule has 0 aliphatic heterocycles. The highest BCUT2D eigenvalue weighted by Gasteiger charge is 2.29. The first kappa shape index (κ1) is 41.1. The van der Waals surface area contributed by atoms with E-state index >= 15 is 0 Å². The van der Waals surface area contributed by atoms with Crippen molar-refractivity contribution in [3.63, 3.8) is 0 Å². The maximum atomic E-state index is 13.3. The van der Waals surface area contributed by atoms with Crippen molar-refractivity contribution >= 4 is 47.3 Å². The highest BCUT2D eigenvalue weighted by Crippen LogP contribution is 2.13. The average molecular weight is 678 g/mol. The Morgan fingerprint density at radius 1 is 0.833 bits per heavy atom. The summed E-state index contributed by atoms with van der Waals surface area (Å²) < 4.78 is 5.36. The maximum Gasteiger partial charge on any atom is 0.409 e. The van der Waals surface area contributed by atoms with E-state index in [1.807, 2.05) is 0 Å². The summed E-state index contributed by atoms with van der Waals surface area (Å²) in [6.45, 7) is 7.16. The van der Waals surface area contributed by atoms with Crippen molar-refractivity contribution in [3.8, 4) is 0 Å². The van der Waals surface area contributed by atoms with Crippen LogP contribution >= 0.6 is 0 Å². The molecule has 17 heteroatoms. The summed E-state index contributed by atoms with van der Waals surface area (Å²) in [4.78, 5) is 88.6. The van der Waals surface area contributed by atoms with Crippen LogP contribution in [0.15, 0.2) is 24.3 Å². The number of urea groups is 1. The minimum absolute atomic E-state index is 0.0202. The van der Waals surface area contributed by atoms with Gasteiger partial charge in [-0.25, -0.2) is 9.59 Å². The minimum Gasteiger partial charge on any atom is -0.445 e. The van der Waals surface area contributed by atoms with Crippen molar-refractivity contribution in [1.29, 1.82) is 0 Å². The molecule has 0 saturated heterocycles. The molecule has 0 aliphatic rings. The van der Waals surface area contributed by atoms with Crippen LogP contribution in [0.5, 0.6) is 0 Å². The number of carbonyl (C=O) groups excluding carboxylic acids is 7. The van der Waals surface area contributed by atoms with Crippen molar-refractivity contribution in [2.75, 3.05) is 52.1 Å². The molecule has 0 saturated carbocycles. The smallest absolute Gasteiger partial charge is 0.409 e. The lowest BCUT2D eigenvalue weighted by molar-refractivity contribution is -0.133. The molecule has 17 nitrogen and oxygen atoms in total. The van der Waals surface area contributed by atoms with Gasteiger partial charge in [0, 0.05) is 45.3 Å². The standard InChI is InChI=1S/C31H51N9O8/c1-19(2)26(38-25(42)17-35-24(41)16-32)28(44)37-23(8-7-13-34-30(33)46)27(43)36-22-11-9-21(10-12-22)18-48-31(47)40(6)15-14-39(5)29(45)20(3)4/h9-12,19-20,23,26H,7-8,13-18,32H2,1-6H3,(H,35,41)(H,36,43)(H,37,44)(H,38,42)(H3,33,34,46). The fourth-order valence-corrected chi connectivity index (χ4v) is 4.17. The second-order valence-corrected chi connectivity index (χ2v) is 11.8. The molecular formula is C31H51N9O8. The molecule has 9 N–H and O–H groups in total. The van der Waals surface area contributed by atoms with Crippen LogP contribution in [0.25, 0.3) is 0 Å². The van der Waals surface area contributed by atoms with E-state index in [-0.39, 0.29) is 50.4 Å². The summed E-state index contributed by atoms with van der Waals surface area (Å²) in [5, 5.41) is 12.7. The zero-order chi connectivity index (χ0) is 36.4. The lowest BCUT2D eigenvalue weighted by atomic mass is 10.0. The van der Waals surface area contributed by atoms with E-state index in [4.69, 9.17) is 16.2 Å². The molecule has 0 spiro atoms. The molecule has 2 atom stereocenters. The molecule has 0 fully saturated rings. The Labute approximate surface area is 281 Å². The number of ether oxygens (including phenoxy) is 1. The van der Waals surface area contributed by atoms with Gasteiger partial charge in [0.25, 0.3) is 0 Å². The van der Waals surface area contributed by atoms with Gasteiger partial charge in [0.15, 0.2) is 0 Å². The molecule has 0 aliphatic carbocycles. The number of nitrogens with one attached hydrogen (secondary N) is 5. The molecule has 0 bridgehead atoms. The number of hydrogen-bond acceptors (Lipinski definition) is 9. The summed E-state index contributed by atoms with van der Waals surface area (Å²) in [6, 6.07) is 3.75. The maximum absolute atomic E-state index is 13.3. The first-order chi connectivity index (χ1) is 22.5. The third-order valence-electron chi connectivity index (χ3n) is 7.04. The number of amides is 8. The Bertz CT molecular complexity index is 1260. The normalized spacial score (nSPS) is 11.9. The SMILES string of the molecule is CC(C)C(=O)N(C)CCN(C)C(=O)OCc1ccc(NC(=O)C(CCCNC(N)=O)NC(=O)C(NC(=O)CNC(=O)CN)C(C)C)cc1. The number of benzene rings is 1. The first-order valence-electron chi connectivity index (χ1n) is 15.7. The van der Waals surface area contributed by atoms with Crippen molar-refractivity contribution < 1.29 is 38.3 Å². The molecule has 48 heavy (non-hydrogen) atoms. The lowest BCUT2D eigenvalue weighted by Crippen LogP contribution is -2.55. The predicted octanol–water partition coefficient (Wildman–Crippen LogP) is -0.543. The Hall–Kier alpha value is -4.93. The van der Waals surface area contributed by atoms with Crippen LogP contribution < -0.4 is 38.1 Å². The highest BCUT2D eigenvalue weighted by molar-refractivity contribution is 5.98. The molecule has 1 aromatic rings. The molecule has 0 aromatic heterocycles. The van der Waals surface area contributed by atoms with E-state index < -0.39 is 47.8 Å². The molecule has 1 aromatic carbocycles. The largest absolute Gasteiger partial charge is 0.445 e. The van der Waals surface area contributed by atoms with Crippen LogP contribution in [0, 0.1) is 11.8 Å². The number of primary amides is 1. The molecule has 1 rings (SSSR count). The van der Waals surface area contributed by atoms with E-state index in [0.29, 0.717) is 30.8 Å². The van der Waals surface area contributed by atoms with E-state index in [0.717, 1.165) is 0 Å². The van der Waals surface area contributed by atoms with Crippen molar-refractivity contribution in [2.24, 2.45) is 23.3 Å². The molecule has 0 radical (unpaired) electrons. The van der Waals surface area contributed by atoms with Gasteiger partial charge in [-0.1, -0.05) is 39.8 Å². The van der Waals surface area contributed by atoms with Gasteiger partial charge in [0.2, 0.25) is 29.5 Å². The lowest BCUT2D eigenvalue weighted by Gasteiger charge is -2.25. The fourth-order valence-electron chi connectivity index (χ4n) is 4.17. The summed E-state index contributed by atoms with van der Waals surface area (Å²) in [7, 11) is 3.25. The topological polar surface area (TPSA) is 247 Å². The second kappa shape index (κ2) is 21.0. The van der Waals surface area contributed by atoms with Crippen molar-refractivity contribution in [3.05, 3.63) is 29.8 Å². The van der Waals surface area contributed by atoms with Crippen molar-refractivity contribution in [1.82, 2.24) is 31.1 Å². The van der Waals surface area contributed by atoms with Crippen LogP contribution in [0.4, 0.5) is 15.3 Å². The number of nitrogens with two attached hydrogens (primary N) is 2. The molecular weight excluding hydrogens is 626 g/mol. The number of carbonyl (C=O) groups is 7. The van der Waals surface area contributed by atoms with Gasteiger partial charge < -0.3 is 52.6 Å². The first-order valence-corrected chi connectivity index (χ1v) is 15.7. The van der Waals surface area contributed by atoms with Crippen LogP contribution in [0.1, 0.15) is 46.1 Å². The van der Waals surface area contributed by atoms with E-state index in [9.17, 15) is 33.6 Å². The number of hydrogen-bond donors (Lipinski definition) is 7. The highest BCUT2D eigenvalue weighted by atomic mass is 16.6. The van der Waals surface area contributed by atoms with Crippen LogP contribution in [0.3, 0.4) is 0 Å². The Morgan fingerprint density at radius 3 is 2.02 bits per heavy atom. The van der Waals surface area contributed by atoms with Gasteiger partial charge in [-0.2, -0.15) is 0 Å². The quantitative estimate of drug-likeness (QED) is 0.0928. The summed E-state index contributed by atoms with van der Waals surface area (Å²) in [5.41, 5.74) is 11.4. The minimum atomic E-state index is -1.05. The van der Waals surface area contributed by atoms with E-state index in [1.165, 1.54) is 4.90 Å². The van der Waals surface area contributed by atoms with Gasteiger partial charge >= 0.3 is 12.1 Å². The van der Waals surface area contributed by atoms with Crippen LogP contribution in [0.2, 0.25) is 0 Å². The molecule has 268 valence electrons. The van der Waals surface area contributed by atoms with Gasteiger partial charge in [0.1, 0.15) is 18.7 Å². The third kappa shape index (κ3) is 15.6. The second-order valence-electron chi connectivity index (χ2n) is 11.8. The Balaban J connectivity index is 2.84.